The first-order valence-corrected chi connectivity index (χ1v) is 15.2. The molecule has 2 saturated heterocycles. The first-order chi connectivity index (χ1) is 15.1. The number of hydrogen-bond donors (Lipinski definition) is 1. The van der Waals surface area contributed by atoms with Gasteiger partial charge >= 0.3 is 30.7 Å². The molecule has 0 aromatic carbocycles. The fourth-order valence-electron chi connectivity index (χ4n) is 1.61. The molecule has 2 rings (SSSR count). The van der Waals surface area contributed by atoms with E-state index in [0.29, 0.717) is 8.61 Å². The molecule has 0 unspecified atom stereocenters. The zero-order valence-corrected chi connectivity index (χ0v) is 21.3. The quantitative estimate of drug-likeness (QED) is 0.243. The van der Waals surface area contributed by atoms with Gasteiger partial charge in [0.2, 0.25) is 10.0 Å². The lowest BCUT2D eigenvalue weighted by atomic mass is 10.5. The molecule has 0 atom stereocenters. The summed E-state index contributed by atoms with van der Waals surface area (Å²) in [7, 11) is -2.29. The molecule has 0 aromatic heterocycles. The van der Waals surface area contributed by atoms with E-state index < -0.39 is 40.7 Å². The number of aliphatic hydroxyl groups is 1. The van der Waals surface area contributed by atoms with E-state index in [4.69, 9.17) is 20.6 Å². The van der Waals surface area contributed by atoms with Gasteiger partial charge in [0.1, 0.15) is 13.2 Å². The highest BCUT2D eigenvalue weighted by Gasteiger charge is 2.33. The Balaban J connectivity index is 0. The smallest absolute Gasteiger partial charge is 0.424 e. The van der Waals surface area contributed by atoms with Gasteiger partial charge in [0.25, 0.3) is 6.08 Å². The molecule has 0 aliphatic carbocycles. The first kappa shape index (κ1) is 33.8. The Morgan fingerprint density at radius 3 is 1.70 bits per heavy atom. The van der Waals surface area contributed by atoms with Crippen LogP contribution in [0.1, 0.15) is 6.42 Å². The standard InChI is InChI=1S/C6H11NO5S.C3H4ClNO4S.CClNO3S.CH3FS/c8-3-1-5-13(10,11)7-2-4-12-6(7)9;4-10(7,8)5-1-2-9-3(5)6;2-7(5,6)3-1-4;1-3-2/h8H,1-5H2;1-2H2;;1H3. The summed E-state index contributed by atoms with van der Waals surface area (Å²) in [5.74, 6) is -0.224. The van der Waals surface area contributed by atoms with Gasteiger partial charge in [-0.1, -0.05) is 4.40 Å². The number of ether oxygens (including phenoxy) is 2. The highest BCUT2D eigenvalue weighted by atomic mass is 35.7. The topological polar surface area (TPSA) is 211 Å². The Kier molecular flexibility index (Phi) is 16.6. The molecule has 2 fully saturated rings. The van der Waals surface area contributed by atoms with Gasteiger partial charge in [-0.25, -0.2) is 27.1 Å². The lowest BCUT2D eigenvalue weighted by Crippen LogP contribution is -2.33. The van der Waals surface area contributed by atoms with Gasteiger partial charge in [-0.15, -0.1) is 0 Å². The third-order valence-electron chi connectivity index (χ3n) is 2.75. The van der Waals surface area contributed by atoms with Crippen LogP contribution in [0.4, 0.5) is 13.5 Å². The van der Waals surface area contributed by atoms with Gasteiger partial charge in [0.05, 0.1) is 18.8 Å². The molecular weight excluding hydrogens is 584 g/mol. The van der Waals surface area contributed by atoms with Gasteiger partial charge in [-0.05, 0) is 6.42 Å². The van der Waals surface area contributed by atoms with Crippen LogP contribution in [0.15, 0.2) is 4.40 Å². The second-order valence-electron chi connectivity index (χ2n) is 4.96. The maximum absolute atomic E-state index is 11.3. The Hall–Kier alpha value is -1.41. The average molecular weight is 602 g/mol. The second kappa shape index (κ2) is 16.3. The summed E-state index contributed by atoms with van der Waals surface area (Å²) in [6, 6.07) is 0. The van der Waals surface area contributed by atoms with E-state index in [2.05, 4.69) is 24.6 Å². The molecule has 0 saturated carbocycles. The van der Waals surface area contributed by atoms with Crippen molar-refractivity contribution in [3.05, 3.63) is 0 Å². The van der Waals surface area contributed by atoms with Crippen LogP contribution in [-0.2, 0) is 42.8 Å². The monoisotopic (exact) mass is 601 g/mol. The summed E-state index contributed by atoms with van der Waals surface area (Å²) in [6.07, 6.45) is 0.540. The Morgan fingerprint density at radius 2 is 1.48 bits per heavy atom. The van der Waals surface area contributed by atoms with Crippen LogP contribution in [-0.4, -0.2) is 102 Å². The number of rotatable bonds is 6. The van der Waals surface area contributed by atoms with E-state index in [1.807, 2.05) is 0 Å². The lowest BCUT2D eigenvalue weighted by Gasteiger charge is -2.12. The van der Waals surface area contributed by atoms with Crippen LogP contribution in [0, 0.1) is 0 Å². The predicted octanol–water partition coefficient (Wildman–Crippen LogP) is 0.113. The minimum absolute atomic E-state index is 0.00463. The lowest BCUT2D eigenvalue weighted by molar-refractivity contribution is 0.169. The molecule has 15 nitrogen and oxygen atoms in total. The summed E-state index contributed by atoms with van der Waals surface area (Å²) in [5.41, 5.74) is 0. The number of amides is 2. The van der Waals surface area contributed by atoms with Crippen molar-refractivity contribution in [2.75, 3.05) is 44.9 Å². The molecular formula is C11H18Cl2FN3O12S4. The van der Waals surface area contributed by atoms with Crippen LogP contribution >= 0.6 is 33.5 Å². The average Bonchev–Trinajstić information content (AvgIpc) is 3.29. The fraction of sp³-hybridized carbons (Fsp3) is 0.727. The molecule has 194 valence electrons. The van der Waals surface area contributed by atoms with Gasteiger partial charge in [-0.3, -0.25) is 0 Å². The molecule has 0 spiro atoms. The molecule has 0 aromatic rings. The summed E-state index contributed by atoms with van der Waals surface area (Å²) < 4.78 is 85.0. The van der Waals surface area contributed by atoms with Gasteiger partial charge in [0.15, 0.2) is 0 Å². The zero-order valence-electron chi connectivity index (χ0n) is 16.5. The SMILES string of the molecule is CSF.O=C1OCCN1S(=O)(=O)CCCO.O=C1OCCN1S(=O)(=O)Cl.O=C=NS(=O)(=O)Cl. The summed E-state index contributed by atoms with van der Waals surface area (Å²) in [4.78, 5) is 30.4. The Labute approximate surface area is 202 Å². The number of isocyanates is 1. The Bertz CT molecular complexity index is 1000. The van der Waals surface area contributed by atoms with Crippen molar-refractivity contribution in [3.63, 3.8) is 0 Å². The van der Waals surface area contributed by atoms with E-state index in [1.165, 1.54) is 6.26 Å². The number of halogens is 3. The van der Waals surface area contributed by atoms with E-state index in [9.17, 15) is 38.7 Å². The second-order valence-corrected chi connectivity index (χ2v) is 11.9. The van der Waals surface area contributed by atoms with Crippen LogP contribution in [0.3, 0.4) is 0 Å². The van der Waals surface area contributed by atoms with Crippen molar-refractivity contribution in [1.82, 2.24) is 8.61 Å². The van der Waals surface area contributed by atoms with Crippen LogP contribution in [0.5, 0.6) is 0 Å². The Morgan fingerprint density at radius 1 is 1.06 bits per heavy atom. The van der Waals surface area contributed by atoms with E-state index in [1.54, 1.807) is 0 Å². The number of sulfonamides is 1. The van der Waals surface area contributed by atoms with Gasteiger partial charge in [0, 0.05) is 46.4 Å². The van der Waals surface area contributed by atoms with Crippen LogP contribution in [0.2, 0.25) is 0 Å². The van der Waals surface area contributed by atoms with E-state index >= 15 is 0 Å². The van der Waals surface area contributed by atoms with Gasteiger partial charge in [-0.2, -0.15) is 25.0 Å². The molecule has 1 N–H and O–H groups in total. The van der Waals surface area contributed by atoms with E-state index in [0.717, 1.165) is 6.08 Å². The summed E-state index contributed by atoms with van der Waals surface area (Å²) in [6.45, 7) is 0.0569. The third kappa shape index (κ3) is 16.0. The van der Waals surface area contributed by atoms with Gasteiger partial charge < -0.3 is 14.6 Å². The summed E-state index contributed by atoms with van der Waals surface area (Å²) >= 11 is 0.250. The molecule has 2 amide bonds. The van der Waals surface area contributed by atoms with Crippen molar-refractivity contribution in [2.45, 2.75) is 6.42 Å². The number of nitrogens with zero attached hydrogens (tertiary/aromatic N) is 3. The normalized spacial score (nSPS) is 15.4. The van der Waals surface area contributed by atoms with E-state index in [-0.39, 0.29) is 57.2 Å². The number of carbonyl (C=O) groups excluding carboxylic acids is 3. The highest BCUT2D eigenvalue weighted by Crippen LogP contribution is 2.12. The first-order valence-electron chi connectivity index (χ1n) is 7.93. The van der Waals surface area contributed by atoms with Crippen LogP contribution in [0.25, 0.3) is 0 Å². The number of hydrogen-bond acceptors (Lipinski definition) is 13. The number of aliphatic hydroxyl groups excluding tert-OH is 1. The predicted molar refractivity (Wildman–Crippen MR) is 114 cm³/mol. The molecule has 2 aliphatic heterocycles. The molecule has 22 heteroatoms. The minimum atomic E-state index is -4.00. The highest BCUT2D eigenvalue weighted by molar-refractivity contribution is 8.12. The minimum Gasteiger partial charge on any atom is -0.447 e. The molecule has 0 bridgehead atoms. The maximum Gasteiger partial charge on any atom is 0.424 e. The molecule has 33 heavy (non-hydrogen) atoms. The van der Waals surface area contributed by atoms with Crippen LogP contribution < -0.4 is 0 Å². The summed E-state index contributed by atoms with van der Waals surface area (Å²) in [5, 5.41) is 8.44. The maximum atomic E-state index is 11.3. The molecule has 2 heterocycles. The van der Waals surface area contributed by atoms with Crippen molar-refractivity contribution < 1.29 is 58.1 Å². The molecule has 2 aliphatic rings. The number of carbonyl (C=O) groups is 2. The van der Waals surface area contributed by atoms with Crippen molar-refractivity contribution in [1.29, 1.82) is 0 Å². The molecule has 0 radical (unpaired) electrons. The number of cyclic esters (lactones) is 2. The zero-order chi connectivity index (χ0) is 26.3. The third-order valence-corrected chi connectivity index (χ3v) is 6.42. The van der Waals surface area contributed by atoms with Crippen molar-refractivity contribution >= 4 is 80.3 Å². The largest absolute Gasteiger partial charge is 0.447 e. The fourth-order valence-corrected chi connectivity index (χ4v) is 4.03. The van der Waals surface area contributed by atoms with Crippen molar-refractivity contribution in [2.24, 2.45) is 4.40 Å². The van der Waals surface area contributed by atoms with Crippen molar-refractivity contribution in [3.8, 4) is 0 Å².